The van der Waals surface area contributed by atoms with Crippen molar-refractivity contribution in [2.24, 2.45) is 0 Å². The van der Waals surface area contributed by atoms with Gasteiger partial charge in [-0.05, 0) is 49.2 Å². The lowest BCUT2D eigenvalue weighted by atomic mass is 10.1. The summed E-state index contributed by atoms with van der Waals surface area (Å²) in [6, 6.07) is 8.16. The molecule has 0 radical (unpaired) electrons. The molecule has 0 atom stereocenters. The molecular weight excluding hydrogens is 375 g/mol. The standard InChI is InChI=1S/C18H17FN2O5S/c1-27(23,24)21(13-4-5-13)15-6-3-12(19)9-14(15)20-18(22)11-2-7-16-17(8-11)26-10-25-16/h2-3,6-9,13H,4-5,10H2,1H3,(H,20,22). The number of anilines is 2. The minimum Gasteiger partial charge on any atom is -0.454 e. The number of ether oxygens (including phenoxy) is 2. The van der Waals surface area contributed by atoms with E-state index in [2.05, 4.69) is 5.32 Å². The Balaban J connectivity index is 1.67. The second-order valence-corrected chi connectivity index (χ2v) is 8.33. The van der Waals surface area contributed by atoms with Gasteiger partial charge in [0, 0.05) is 11.6 Å². The normalized spacial score (nSPS) is 15.5. The van der Waals surface area contributed by atoms with Gasteiger partial charge in [-0.2, -0.15) is 0 Å². The van der Waals surface area contributed by atoms with Crippen LogP contribution in [0.1, 0.15) is 23.2 Å². The van der Waals surface area contributed by atoms with Gasteiger partial charge in [-0.3, -0.25) is 9.10 Å². The van der Waals surface area contributed by atoms with Crippen LogP contribution in [0.3, 0.4) is 0 Å². The fourth-order valence-electron chi connectivity index (χ4n) is 2.99. The van der Waals surface area contributed by atoms with E-state index in [-0.39, 0.29) is 29.8 Å². The Bertz CT molecular complexity index is 1020. The number of hydrogen-bond donors (Lipinski definition) is 1. The molecule has 1 amide bonds. The number of amides is 1. The van der Waals surface area contributed by atoms with Crippen molar-refractivity contribution in [2.75, 3.05) is 22.7 Å². The third-order valence-corrected chi connectivity index (χ3v) is 5.52. The van der Waals surface area contributed by atoms with E-state index in [0.717, 1.165) is 25.2 Å². The molecule has 1 N–H and O–H groups in total. The van der Waals surface area contributed by atoms with Gasteiger partial charge in [-0.15, -0.1) is 0 Å². The second-order valence-electron chi connectivity index (χ2n) is 6.47. The maximum Gasteiger partial charge on any atom is 0.255 e. The molecule has 1 saturated carbocycles. The highest BCUT2D eigenvalue weighted by Crippen LogP contribution is 2.38. The predicted octanol–water partition coefficient (Wildman–Crippen LogP) is 2.74. The van der Waals surface area contributed by atoms with Gasteiger partial charge in [0.05, 0.1) is 17.6 Å². The van der Waals surface area contributed by atoms with Gasteiger partial charge in [0.2, 0.25) is 16.8 Å². The molecule has 1 fully saturated rings. The minimum atomic E-state index is -3.58. The van der Waals surface area contributed by atoms with Gasteiger partial charge in [-0.1, -0.05) is 0 Å². The number of fused-ring (bicyclic) bond motifs is 1. The first-order valence-electron chi connectivity index (χ1n) is 8.33. The number of benzene rings is 2. The molecular formula is C18H17FN2O5S. The van der Waals surface area contributed by atoms with Crippen LogP contribution in [0.4, 0.5) is 15.8 Å². The first-order valence-corrected chi connectivity index (χ1v) is 10.2. The summed E-state index contributed by atoms with van der Waals surface area (Å²) in [6.45, 7) is 0.0825. The van der Waals surface area contributed by atoms with Crippen LogP contribution in [0.25, 0.3) is 0 Å². The number of nitrogens with zero attached hydrogens (tertiary/aromatic N) is 1. The smallest absolute Gasteiger partial charge is 0.255 e. The monoisotopic (exact) mass is 392 g/mol. The Morgan fingerprint density at radius 1 is 1.15 bits per heavy atom. The minimum absolute atomic E-state index is 0.0825. The number of halogens is 1. The molecule has 0 saturated heterocycles. The summed E-state index contributed by atoms with van der Waals surface area (Å²) in [7, 11) is -3.58. The Kier molecular flexibility index (Phi) is 4.18. The number of nitrogens with one attached hydrogen (secondary N) is 1. The fourth-order valence-corrected chi connectivity index (χ4v) is 4.26. The molecule has 0 bridgehead atoms. The van der Waals surface area contributed by atoms with Crippen LogP contribution < -0.4 is 19.1 Å². The molecule has 1 aliphatic heterocycles. The summed E-state index contributed by atoms with van der Waals surface area (Å²) in [5.41, 5.74) is 0.622. The summed E-state index contributed by atoms with van der Waals surface area (Å²) >= 11 is 0. The van der Waals surface area contributed by atoms with Crippen LogP contribution >= 0.6 is 0 Å². The number of rotatable bonds is 5. The molecule has 0 unspecified atom stereocenters. The second kappa shape index (κ2) is 6.41. The summed E-state index contributed by atoms with van der Waals surface area (Å²) in [5.74, 6) is -0.110. The zero-order valence-electron chi connectivity index (χ0n) is 14.4. The Labute approximate surface area is 155 Å². The molecule has 9 heteroatoms. The van der Waals surface area contributed by atoms with Gasteiger partial charge < -0.3 is 14.8 Å². The van der Waals surface area contributed by atoms with Crippen molar-refractivity contribution in [3.8, 4) is 11.5 Å². The Hall–Kier alpha value is -2.81. The van der Waals surface area contributed by atoms with Crippen molar-refractivity contribution >= 4 is 27.3 Å². The quantitative estimate of drug-likeness (QED) is 0.846. The summed E-state index contributed by atoms with van der Waals surface area (Å²) in [6.07, 6.45) is 2.54. The number of hydrogen-bond acceptors (Lipinski definition) is 5. The molecule has 4 rings (SSSR count). The van der Waals surface area contributed by atoms with E-state index >= 15 is 0 Å². The first kappa shape index (κ1) is 17.6. The van der Waals surface area contributed by atoms with Gasteiger partial charge in [0.25, 0.3) is 5.91 Å². The first-order chi connectivity index (χ1) is 12.8. The average Bonchev–Trinajstić information content (AvgIpc) is 3.30. The maximum absolute atomic E-state index is 13.8. The zero-order chi connectivity index (χ0) is 19.2. The molecule has 1 heterocycles. The molecule has 2 aromatic rings. The number of carbonyl (C=O) groups excluding carboxylic acids is 1. The van der Waals surface area contributed by atoms with Gasteiger partial charge in [0.1, 0.15) is 5.82 Å². The van der Waals surface area contributed by atoms with Gasteiger partial charge in [0.15, 0.2) is 11.5 Å². The molecule has 0 aromatic heterocycles. The molecule has 142 valence electrons. The van der Waals surface area contributed by atoms with Crippen molar-refractivity contribution in [1.29, 1.82) is 0 Å². The van der Waals surface area contributed by atoms with Gasteiger partial charge >= 0.3 is 0 Å². The molecule has 1 aliphatic carbocycles. The Morgan fingerprint density at radius 2 is 1.89 bits per heavy atom. The van der Waals surface area contributed by atoms with Crippen molar-refractivity contribution in [3.63, 3.8) is 0 Å². The lowest BCUT2D eigenvalue weighted by molar-refractivity contribution is 0.102. The van der Waals surface area contributed by atoms with Crippen molar-refractivity contribution in [3.05, 3.63) is 47.8 Å². The predicted molar refractivity (Wildman–Crippen MR) is 97.3 cm³/mol. The summed E-state index contributed by atoms with van der Waals surface area (Å²) < 4.78 is 50.0. The van der Waals surface area contributed by atoms with Gasteiger partial charge in [-0.25, -0.2) is 12.8 Å². The molecule has 7 nitrogen and oxygen atoms in total. The number of carbonyl (C=O) groups is 1. The SMILES string of the molecule is CS(=O)(=O)N(c1ccc(F)cc1NC(=O)c1ccc2c(c1)OCO2)C1CC1. The molecule has 0 spiro atoms. The summed E-state index contributed by atoms with van der Waals surface area (Å²) in [4.78, 5) is 12.6. The van der Waals surface area contributed by atoms with E-state index in [1.807, 2.05) is 0 Å². The maximum atomic E-state index is 13.8. The topological polar surface area (TPSA) is 84.9 Å². The molecule has 27 heavy (non-hydrogen) atoms. The molecule has 2 aliphatic rings. The van der Waals surface area contributed by atoms with Crippen molar-refractivity contribution < 1.29 is 27.1 Å². The van der Waals surface area contributed by atoms with Crippen LogP contribution in [0.5, 0.6) is 11.5 Å². The van der Waals surface area contributed by atoms with Crippen LogP contribution in [-0.4, -0.2) is 33.4 Å². The van der Waals surface area contributed by atoms with Crippen LogP contribution in [0.15, 0.2) is 36.4 Å². The summed E-state index contributed by atoms with van der Waals surface area (Å²) in [5, 5.41) is 2.61. The van der Waals surface area contributed by atoms with E-state index in [4.69, 9.17) is 9.47 Å². The fraction of sp³-hybridized carbons (Fsp3) is 0.278. The third kappa shape index (κ3) is 3.55. The van der Waals surface area contributed by atoms with Crippen LogP contribution in [0, 0.1) is 5.82 Å². The van der Waals surface area contributed by atoms with Crippen molar-refractivity contribution in [2.45, 2.75) is 18.9 Å². The molecule has 2 aromatic carbocycles. The van der Waals surface area contributed by atoms with E-state index in [1.165, 1.54) is 22.5 Å². The number of sulfonamides is 1. The average molecular weight is 392 g/mol. The van der Waals surface area contributed by atoms with Crippen LogP contribution in [0.2, 0.25) is 0 Å². The lowest BCUT2D eigenvalue weighted by Gasteiger charge is -2.25. The van der Waals surface area contributed by atoms with Crippen molar-refractivity contribution in [1.82, 2.24) is 0 Å². The van der Waals surface area contributed by atoms with Crippen LogP contribution in [-0.2, 0) is 10.0 Å². The van der Waals surface area contributed by atoms with E-state index in [0.29, 0.717) is 11.5 Å². The third-order valence-electron chi connectivity index (χ3n) is 4.31. The highest BCUT2D eigenvalue weighted by atomic mass is 32.2. The highest BCUT2D eigenvalue weighted by Gasteiger charge is 2.36. The van der Waals surface area contributed by atoms with E-state index in [9.17, 15) is 17.6 Å². The Morgan fingerprint density at radius 3 is 2.59 bits per heavy atom. The zero-order valence-corrected chi connectivity index (χ0v) is 15.3. The lowest BCUT2D eigenvalue weighted by Crippen LogP contribution is -2.33. The highest BCUT2D eigenvalue weighted by molar-refractivity contribution is 7.92. The largest absolute Gasteiger partial charge is 0.454 e. The van der Waals surface area contributed by atoms with E-state index in [1.54, 1.807) is 12.1 Å². The van der Waals surface area contributed by atoms with E-state index < -0.39 is 21.7 Å².